The Morgan fingerprint density at radius 3 is 2.50 bits per heavy atom. The molecule has 22 heavy (non-hydrogen) atoms. The molecule has 0 unspecified atom stereocenters. The van der Waals surface area contributed by atoms with E-state index < -0.39 is 11.9 Å². The number of carboxylic acids is 2. The minimum absolute atomic E-state index is 0.193. The number of aromatic carboxylic acids is 2. The minimum atomic E-state index is -0.996. The highest BCUT2D eigenvalue weighted by Gasteiger charge is 2.14. The van der Waals surface area contributed by atoms with Gasteiger partial charge in [-0.15, -0.1) is 11.8 Å². The van der Waals surface area contributed by atoms with Crippen LogP contribution in [0.5, 0.6) is 0 Å². The summed E-state index contributed by atoms with van der Waals surface area (Å²) in [7, 11) is 0. The molecule has 0 radical (unpaired) electrons. The molecule has 2 aromatic rings. The summed E-state index contributed by atoms with van der Waals surface area (Å²) in [6.45, 7) is 1.77. The molecule has 0 spiro atoms. The molecule has 0 saturated heterocycles. The first kappa shape index (κ1) is 15.6. The van der Waals surface area contributed by atoms with Crippen LogP contribution in [0.2, 0.25) is 0 Å². The van der Waals surface area contributed by atoms with Crippen molar-refractivity contribution in [2.24, 2.45) is 0 Å². The maximum absolute atomic E-state index is 11.4. The first-order valence-corrected chi connectivity index (χ1v) is 6.96. The van der Waals surface area contributed by atoms with Crippen LogP contribution in [0, 0.1) is 11.8 Å². The summed E-state index contributed by atoms with van der Waals surface area (Å²) >= 11 is 0. The number of unbranched alkanes of at least 4 members (excludes halogenated alkanes) is 1. The fourth-order valence-corrected chi connectivity index (χ4v) is 2.48. The third-order valence-electron chi connectivity index (χ3n) is 3.51. The van der Waals surface area contributed by atoms with Crippen LogP contribution in [0.3, 0.4) is 0 Å². The van der Waals surface area contributed by atoms with Crippen molar-refractivity contribution in [2.75, 3.05) is 0 Å². The van der Waals surface area contributed by atoms with Gasteiger partial charge in [0.2, 0.25) is 0 Å². The predicted octanol–water partition coefficient (Wildman–Crippen LogP) is 3.58. The number of fused-ring (bicyclic) bond motifs is 1. The number of benzene rings is 2. The summed E-state index contributed by atoms with van der Waals surface area (Å²) in [5.41, 5.74) is 1.19. The average molecular weight is 296 g/mol. The highest BCUT2D eigenvalue weighted by molar-refractivity contribution is 6.00. The lowest BCUT2D eigenvalue weighted by atomic mass is 9.94. The largest absolute Gasteiger partial charge is 0.478 e. The van der Waals surface area contributed by atoms with Gasteiger partial charge < -0.3 is 10.2 Å². The molecule has 0 aliphatic carbocycles. The summed E-state index contributed by atoms with van der Waals surface area (Å²) in [6, 6.07) is 7.95. The van der Waals surface area contributed by atoms with E-state index in [1.54, 1.807) is 25.1 Å². The molecule has 4 nitrogen and oxygen atoms in total. The van der Waals surface area contributed by atoms with Gasteiger partial charge in [0.1, 0.15) is 0 Å². The molecule has 0 saturated carbocycles. The van der Waals surface area contributed by atoms with Crippen molar-refractivity contribution < 1.29 is 19.8 Å². The predicted molar refractivity (Wildman–Crippen MR) is 84.3 cm³/mol. The van der Waals surface area contributed by atoms with Gasteiger partial charge >= 0.3 is 11.9 Å². The van der Waals surface area contributed by atoms with Gasteiger partial charge in [-0.1, -0.05) is 12.1 Å². The van der Waals surface area contributed by atoms with Crippen LogP contribution < -0.4 is 0 Å². The van der Waals surface area contributed by atoms with Crippen LogP contribution in [0.25, 0.3) is 10.8 Å². The molecule has 2 N–H and O–H groups in total. The molecule has 4 heteroatoms. The standard InChI is InChI=1S/C18H16O4/c1-2-3-4-5-6-15-14-9-8-13(17(19)20)11-12(14)7-10-16(15)18(21)22/h7-11H,4-6H2,1H3,(H,19,20)(H,21,22). The van der Waals surface area contributed by atoms with Crippen molar-refractivity contribution in [1.29, 1.82) is 0 Å². The molecule has 0 aliphatic rings. The Morgan fingerprint density at radius 2 is 1.86 bits per heavy atom. The molecule has 0 aliphatic heterocycles. The highest BCUT2D eigenvalue weighted by atomic mass is 16.4. The van der Waals surface area contributed by atoms with Crippen LogP contribution >= 0.6 is 0 Å². The van der Waals surface area contributed by atoms with E-state index in [-0.39, 0.29) is 11.1 Å². The Kier molecular flexibility index (Phi) is 4.80. The van der Waals surface area contributed by atoms with E-state index in [1.807, 2.05) is 0 Å². The van der Waals surface area contributed by atoms with Crippen molar-refractivity contribution in [3.8, 4) is 11.8 Å². The molecule has 2 aromatic carbocycles. The van der Waals surface area contributed by atoms with E-state index in [2.05, 4.69) is 11.8 Å². The van der Waals surface area contributed by atoms with Crippen LogP contribution in [-0.4, -0.2) is 22.2 Å². The normalized spacial score (nSPS) is 10.0. The average Bonchev–Trinajstić information content (AvgIpc) is 2.50. The molecule has 2 rings (SSSR count). The molecule has 0 bridgehead atoms. The van der Waals surface area contributed by atoms with Crippen LogP contribution in [0.4, 0.5) is 0 Å². The smallest absolute Gasteiger partial charge is 0.335 e. The Morgan fingerprint density at radius 1 is 1.09 bits per heavy atom. The fraction of sp³-hybridized carbons (Fsp3) is 0.222. The molecule has 112 valence electrons. The van der Waals surface area contributed by atoms with E-state index in [9.17, 15) is 14.7 Å². The van der Waals surface area contributed by atoms with Crippen LogP contribution in [0.15, 0.2) is 30.3 Å². The molecule has 0 aromatic heterocycles. The number of carboxylic acid groups (broad SMARTS) is 2. The van der Waals surface area contributed by atoms with Crippen molar-refractivity contribution in [3.63, 3.8) is 0 Å². The SMILES string of the molecule is CC#CCCCc1c(C(=O)O)ccc2cc(C(=O)O)ccc12. The van der Waals surface area contributed by atoms with Crippen LogP contribution in [-0.2, 0) is 6.42 Å². The minimum Gasteiger partial charge on any atom is -0.478 e. The number of rotatable bonds is 5. The van der Waals surface area contributed by atoms with E-state index in [4.69, 9.17) is 5.11 Å². The monoisotopic (exact) mass is 296 g/mol. The molecular formula is C18H16O4. The summed E-state index contributed by atoms with van der Waals surface area (Å²) in [5, 5.41) is 19.9. The van der Waals surface area contributed by atoms with Crippen LogP contribution in [0.1, 0.15) is 46.0 Å². The van der Waals surface area contributed by atoms with Crippen molar-refractivity contribution in [2.45, 2.75) is 26.2 Å². The lowest BCUT2D eigenvalue weighted by Crippen LogP contribution is -2.04. The third kappa shape index (κ3) is 3.26. The number of carbonyl (C=O) groups is 2. The Hall–Kier alpha value is -2.80. The first-order valence-electron chi connectivity index (χ1n) is 6.96. The van der Waals surface area contributed by atoms with E-state index >= 15 is 0 Å². The van der Waals surface area contributed by atoms with Gasteiger partial charge in [-0.2, -0.15) is 0 Å². The molecule has 0 fully saturated rings. The second-order valence-electron chi connectivity index (χ2n) is 4.92. The number of aryl methyl sites for hydroxylation is 1. The highest BCUT2D eigenvalue weighted by Crippen LogP contribution is 2.25. The van der Waals surface area contributed by atoms with E-state index in [0.29, 0.717) is 12.8 Å². The summed E-state index contributed by atoms with van der Waals surface area (Å²) in [4.78, 5) is 22.4. The van der Waals surface area contributed by atoms with Crippen molar-refractivity contribution in [3.05, 3.63) is 47.0 Å². The van der Waals surface area contributed by atoms with Gasteiger partial charge in [0.25, 0.3) is 0 Å². The molecule has 0 atom stereocenters. The Labute approximate surface area is 128 Å². The maximum Gasteiger partial charge on any atom is 0.335 e. The first-order chi connectivity index (χ1) is 10.5. The topological polar surface area (TPSA) is 74.6 Å². The fourth-order valence-electron chi connectivity index (χ4n) is 2.48. The van der Waals surface area contributed by atoms with Gasteiger partial charge in [0.05, 0.1) is 11.1 Å². The van der Waals surface area contributed by atoms with Gasteiger partial charge in [-0.25, -0.2) is 9.59 Å². The molecule has 0 amide bonds. The van der Waals surface area contributed by atoms with Crippen molar-refractivity contribution >= 4 is 22.7 Å². The summed E-state index contributed by atoms with van der Waals surface area (Å²) in [5.74, 6) is 3.81. The number of hydrogen-bond donors (Lipinski definition) is 2. The van der Waals surface area contributed by atoms with Gasteiger partial charge in [0, 0.05) is 6.42 Å². The van der Waals surface area contributed by atoms with E-state index in [0.717, 1.165) is 22.8 Å². The Bertz CT molecular complexity index is 794. The second-order valence-corrected chi connectivity index (χ2v) is 4.92. The van der Waals surface area contributed by atoms with Gasteiger partial charge in [-0.05, 0) is 54.3 Å². The number of hydrogen-bond acceptors (Lipinski definition) is 2. The van der Waals surface area contributed by atoms with Gasteiger partial charge in [0.15, 0.2) is 0 Å². The third-order valence-corrected chi connectivity index (χ3v) is 3.51. The zero-order valence-corrected chi connectivity index (χ0v) is 12.2. The Balaban J connectivity index is 2.51. The zero-order valence-electron chi connectivity index (χ0n) is 12.2. The lowest BCUT2D eigenvalue weighted by Gasteiger charge is -2.10. The van der Waals surface area contributed by atoms with Crippen molar-refractivity contribution in [1.82, 2.24) is 0 Å². The lowest BCUT2D eigenvalue weighted by molar-refractivity contribution is 0.0685. The van der Waals surface area contributed by atoms with Gasteiger partial charge in [-0.3, -0.25) is 0 Å². The summed E-state index contributed by atoms with van der Waals surface area (Å²) < 4.78 is 0. The van der Waals surface area contributed by atoms with E-state index in [1.165, 1.54) is 12.1 Å². The summed E-state index contributed by atoms with van der Waals surface area (Å²) in [6.07, 6.45) is 2.07. The zero-order chi connectivity index (χ0) is 16.1. The quantitative estimate of drug-likeness (QED) is 0.653. The maximum atomic E-state index is 11.4. The molecular weight excluding hydrogens is 280 g/mol. The second kappa shape index (κ2) is 6.77. The molecule has 0 heterocycles.